The van der Waals surface area contributed by atoms with Crippen molar-refractivity contribution in [3.8, 4) is 5.75 Å². The summed E-state index contributed by atoms with van der Waals surface area (Å²) in [7, 11) is 0. The molecule has 104 valence electrons. The Kier molecular flexibility index (Phi) is 3.51. The molecule has 1 heterocycles. The molecular weight excluding hydrogens is 266 g/mol. The molecule has 0 bridgehead atoms. The van der Waals surface area contributed by atoms with Crippen molar-refractivity contribution in [1.82, 2.24) is 4.98 Å². The summed E-state index contributed by atoms with van der Waals surface area (Å²) in [6.07, 6.45) is 1.68. The number of hydrogen-bond donors (Lipinski definition) is 1. The number of carbonyl (C=O) groups is 1. The van der Waals surface area contributed by atoms with E-state index in [1.807, 2.05) is 24.3 Å². The number of carboxylic acids is 1. The average molecular weight is 279 g/mol. The molecule has 0 radical (unpaired) electrons. The van der Waals surface area contributed by atoms with Gasteiger partial charge in [-0.2, -0.15) is 0 Å². The van der Waals surface area contributed by atoms with Crippen LogP contribution in [0.2, 0.25) is 0 Å². The van der Waals surface area contributed by atoms with E-state index in [0.717, 1.165) is 10.9 Å². The highest BCUT2D eigenvalue weighted by Crippen LogP contribution is 2.24. The molecule has 4 heteroatoms. The Hall–Kier alpha value is -2.88. The van der Waals surface area contributed by atoms with Gasteiger partial charge in [-0.05, 0) is 24.3 Å². The average Bonchev–Trinajstić information content (AvgIpc) is 2.53. The number of hydrogen-bond acceptors (Lipinski definition) is 3. The molecule has 4 nitrogen and oxygen atoms in total. The van der Waals surface area contributed by atoms with E-state index < -0.39 is 5.97 Å². The number of fused-ring (bicyclic) bond motifs is 1. The van der Waals surface area contributed by atoms with E-state index >= 15 is 0 Å². The fourth-order valence-electron chi connectivity index (χ4n) is 2.21. The number of nitrogens with zero attached hydrogens (tertiary/aromatic N) is 1. The van der Waals surface area contributed by atoms with Crippen LogP contribution in [0.1, 0.15) is 15.9 Å². The number of para-hydroxylation sites is 1. The number of carboxylic acid groups (broad SMARTS) is 1. The van der Waals surface area contributed by atoms with E-state index in [1.165, 1.54) is 0 Å². The van der Waals surface area contributed by atoms with E-state index in [9.17, 15) is 4.79 Å². The Morgan fingerprint density at radius 2 is 1.81 bits per heavy atom. The van der Waals surface area contributed by atoms with Gasteiger partial charge in [0.2, 0.25) is 0 Å². The molecule has 0 fully saturated rings. The number of ether oxygens (including phenoxy) is 1. The molecule has 0 saturated heterocycles. The van der Waals surface area contributed by atoms with E-state index in [0.29, 0.717) is 11.3 Å². The van der Waals surface area contributed by atoms with Gasteiger partial charge in [-0.25, -0.2) is 4.79 Å². The SMILES string of the molecule is O=C(O)c1ccccc1COc1ccnc2ccccc12. The minimum Gasteiger partial charge on any atom is -0.488 e. The number of benzene rings is 2. The summed E-state index contributed by atoms with van der Waals surface area (Å²) >= 11 is 0. The third-order valence-corrected chi connectivity index (χ3v) is 3.24. The molecule has 0 spiro atoms. The lowest BCUT2D eigenvalue weighted by Gasteiger charge is -2.10. The van der Waals surface area contributed by atoms with Crippen molar-refractivity contribution in [2.45, 2.75) is 6.61 Å². The molecule has 3 aromatic rings. The van der Waals surface area contributed by atoms with E-state index in [2.05, 4.69) is 4.98 Å². The summed E-state index contributed by atoms with van der Waals surface area (Å²) in [6.45, 7) is 0.205. The van der Waals surface area contributed by atoms with Crippen molar-refractivity contribution < 1.29 is 14.6 Å². The maximum Gasteiger partial charge on any atom is 0.336 e. The topological polar surface area (TPSA) is 59.4 Å². The largest absolute Gasteiger partial charge is 0.488 e. The standard InChI is InChI=1S/C17H13NO3/c19-17(20)13-6-2-1-5-12(13)11-21-16-9-10-18-15-8-4-3-7-14(15)16/h1-10H,11H2,(H,19,20). The predicted molar refractivity (Wildman–Crippen MR) is 79.5 cm³/mol. The molecule has 2 aromatic carbocycles. The van der Waals surface area contributed by atoms with Crippen molar-refractivity contribution in [3.63, 3.8) is 0 Å². The second-order valence-corrected chi connectivity index (χ2v) is 4.58. The van der Waals surface area contributed by atoms with Gasteiger partial charge in [0.1, 0.15) is 12.4 Å². The molecule has 0 atom stereocenters. The fourth-order valence-corrected chi connectivity index (χ4v) is 2.21. The highest BCUT2D eigenvalue weighted by molar-refractivity contribution is 5.89. The Labute approximate surface area is 121 Å². The molecule has 0 saturated carbocycles. The van der Waals surface area contributed by atoms with Crippen molar-refractivity contribution in [2.75, 3.05) is 0 Å². The van der Waals surface area contributed by atoms with Gasteiger partial charge in [-0.15, -0.1) is 0 Å². The lowest BCUT2D eigenvalue weighted by Crippen LogP contribution is -2.05. The summed E-state index contributed by atoms with van der Waals surface area (Å²) in [4.78, 5) is 15.4. The van der Waals surface area contributed by atoms with Crippen LogP contribution in [0.5, 0.6) is 5.75 Å². The molecule has 0 unspecified atom stereocenters. The summed E-state index contributed by atoms with van der Waals surface area (Å²) in [6, 6.07) is 16.3. The highest BCUT2D eigenvalue weighted by atomic mass is 16.5. The third-order valence-electron chi connectivity index (χ3n) is 3.24. The Morgan fingerprint density at radius 1 is 1.05 bits per heavy atom. The van der Waals surface area contributed by atoms with Crippen molar-refractivity contribution in [1.29, 1.82) is 0 Å². The summed E-state index contributed by atoms with van der Waals surface area (Å²) < 4.78 is 5.79. The van der Waals surface area contributed by atoms with Crippen LogP contribution in [-0.2, 0) is 6.61 Å². The lowest BCUT2D eigenvalue weighted by molar-refractivity contribution is 0.0694. The maximum atomic E-state index is 11.2. The second-order valence-electron chi connectivity index (χ2n) is 4.58. The molecule has 1 aromatic heterocycles. The van der Waals surface area contributed by atoms with Crippen LogP contribution in [0.4, 0.5) is 0 Å². The number of aromatic carboxylic acids is 1. The van der Waals surface area contributed by atoms with Gasteiger partial charge in [0.25, 0.3) is 0 Å². The quantitative estimate of drug-likeness (QED) is 0.794. The first-order chi connectivity index (χ1) is 10.3. The second kappa shape index (κ2) is 5.63. The van der Waals surface area contributed by atoms with E-state index in [-0.39, 0.29) is 12.2 Å². The Morgan fingerprint density at radius 3 is 2.67 bits per heavy atom. The zero-order chi connectivity index (χ0) is 14.7. The van der Waals surface area contributed by atoms with Gasteiger partial charge >= 0.3 is 5.97 Å². The van der Waals surface area contributed by atoms with Gasteiger partial charge in [-0.1, -0.05) is 30.3 Å². The molecular formula is C17H13NO3. The van der Waals surface area contributed by atoms with E-state index in [1.54, 1.807) is 36.5 Å². The van der Waals surface area contributed by atoms with Crippen molar-refractivity contribution in [2.24, 2.45) is 0 Å². The smallest absolute Gasteiger partial charge is 0.336 e. The minimum atomic E-state index is -0.950. The van der Waals surface area contributed by atoms with Crippen molar-refractivity contribution >= 4 is 16.9 Å². The molecule has 0 amide bonds. The van der Waals surface area contributed by atoms with E-state index in [4.69, 9.17) is 9.84 Å². The molecule has 0 aliphatic rings. The van der Waals surface area contributed by atoms with Crippen LogP contribution in [0.25, 0.3) is 10.9 Å². The fraction of sp³-hybridized carbons (Fsp3) is 0.0588. The van der Waals surface area contributed by atoms with Crippen LogP contribution < -0.4 is 4.74 Å². The Balaban J connectivity index is 1.89. The van der Waals surface area contributed by atoms with Crippen LogP contribution in [0.3, 0.4) is 0 Å². The maximum absolute atomic E-state index is 11.2. The van der Waals surface area contributed by atoms with Gasteiger partial charge in [0.05, 0.1) is 11.1 Å². The first kappa shape index (κ1) is 13.1. The molecule has 1 N–H and O–H groups in total. The summed E-state index contributed by atoms with van der Waals surface area (Å²) in [5, 5.41) is 10.1. The zero-order valence-electron chi connectivity index (χ0n) is 11.2. The number of aromatic nitrogens is 1. The lowest BCUT2D eigenvalue weighted by atomic mass is 10.1. The van der Waals surface area contributed by atoms with Gasteiger partial charge in [-0.3, -0.25) is 4.98 Å². The Bertz CT molecular complexity index is 793. The zero-order valence-corrected chi connectivity index (χ0v) is 11.2. The van der Waals surface area contributed by atoms with Crippen LogP contribution in [0, 0.1) is 0 Å². The number of pyridine rings is 1. The normalized spacial score (nSPS) is 10.5. The molecule has 21 heavy (non-hydrogen) atoms. The summed E-state index contributed by atoms with van der Waals surface area (Å²) in [5.41, 5.74) is 1.75. The summed E-state index contributed by atoms with van der Waals surface area (Å²) in [5.74, 6) is -0.255. The molecule has 0 aliphatic heterocycles. The predicted octanol–water partition coefficient (Wildman–Crippen LogP) is 3.51. The minimum absolute atomic E-state index is 0.205. The molecule has 0 aliphatic carbocycles. The van der Waals surface area contributed by atoms with Crippen LogP contribution in [-0.4, -0.2) is 16.1 Å². The van der Waals surface area contributed by atoms with Crippen LogP contribution >= 0.6 is 0 Å². The molecule has 3 rings (SSSR count). The van der Waals surface area contributed by atoms with Gasteiger partial charge in [0, 0.05) is 17.1 Å². The van der Waals surface area contributed by atoms with Gasteiger partial charge in [0.15, 0.2) is 0 Å². The first-order valence-corrected chi connectivity index (χ1v) is 6.53. The third kappa shape index (κ3) is 2.69. The number of rotatable bonds is 4. The first-order valence-electron chi connectivity index (χ1n) is 6.53. The monoisotopic (exact) mass is 279 g/mol. The van der Waals surface area contributed by atoms with Gasteiger partial charge < -0.3 is 9.84 Å². The highest BCUT2D eigenvalue weighted by Gasteiger charge is 2.10. The van der Waals surface area contributed by atoms with Crippen LogP contribution in [0.15, 0.2) is 60.8 Å². The van der Waals surface area contributed by atoms with Crippen molar-refractivity contribution in [3.05, 3.63) is 71.9 Å².